The van der Waals surface area contributed by atoms with Gasteiger partial charge in [-0.15, -0.1) is 0 Å². The molecule has 0 unspecified atom stereocenters. The van der Waals surface area contributed by atoms with Crippen molar-refractivity contribution in [1.29, 1.82) is 0 Å². The van der Waals surface area contributed by atoms with E-state index < -0.39 is 0 Å². The smallest absolute Gasteiger partial charge is 0.306 e. The maximum absolute atomic E-state index is 11.6. The Morgan fingerprint density at radius 2 is 1.87 bits per heavy atom. The summed E-state index contributed by atoms with van der Waals surface area (Å²) in [5, 5.41) is 0. The van der Waals surface area contributed by atoms with Crippen LogP contribution < -0.4 is 0 Å². The molecule has 0 aromatic heterocycles. The van der Waals surface area contributed by atoms with Crippen molar-refractivity contribution in [2.75, 3.05) is 7.11 Å². The second-order valence-electron chi connectivity index (χ2n) is 9.62. The lowest BCUT2D eigenvalue weighted by Crippen LogP contribution is -2.22. The molecular weight excluding hydrogens is 384 g/mol. The first-order valence-electron chi connectivity index (χ1n) is 12.4. The molecule has 3 nitrogen and oxygen atoms in total. The van der Waals surface area contributed by atoms with E-state index in [0.29, 0.717) is 18.4 Å². The Labute approximate surface area is 190 Å². The van der Waals surface area contributed by atoms with Gasteiger partial charge in [-0.3, -0.25) is 4.79 Å². The largest absolute Gasteiger partial charge is 0.463 e. The molecule has 1 aromatic rings. The average molecular weight is 429 g/mol. The third kappa shape index (κ3) is 10.0. The van der Waals surface area contributed by atoms with Crippen LogP contribution in [0.15, 0.2) is 42.5 Å². The zero-order chi connectivity index (χ0) is 22.5. The maximum atomic E-state index is 11.6. The number of hydrogen-bond donors (Lipinski definition) is 0. The second kappa shape index (κ2) is 14.5. The number of carbonyl (C=O) groups is 1. The predicted octanol–water partition coefficient (Wildman–Crippen LogP) is 7.14. The number of carbonyl (C=O) groups excluding carboxylic acids is 1. The molecule has 0 bridgehead atoms. The summed E-state index contributed by atoms with van der Waals surface area (Å²) in [5.41, 5.74) is 1.45. The molecule has 0 aliphatic heterocycles. The Kier molecular flexibility index (Phi) is 12.0. The molecule has 1 fully saturated rings. The number of benzene rings is 1. The molecule has 1 aliphatic carbocycles. The highest BCUT2D eigenvalue weighted by Gasteiger charge is 2.35. The minimum Gasteiger partial charge on any atom is -0.463 e. The van der Waals surface area contributed by atoms with Crippen LogP contribution in [0.4, 0.5) is 0 Å². The molecule has 2 rings (SSSR count). The summed E-state index contributed by atoms with van der Waals surface area (Å²) in [7, 11) is 1.88. The summed E-state index contributed by atoms with van der Waals surface area (Å²) >= 11 is 0. The summed E-state index contributed by atoms with van der Waals surface area (Å²) in [6.45, 7) is 6.19. The van der Waals surface area contributed by atoms with E-state index in [2.05, 4.69) is 49.4 Å². The number of rotatable bonds is 14. The minimum absolute atomic E-state index is 0.0165. The topological polar surface area (TPSA) is 35.5 Å². The fraction of sp³-hybridized carbons (Fsp3) is 0.679. The first-order chi connectivity index (χ1) is 15.0. The number of esters is 1. The van der Waals surface area contributed by atoms with Gasteiger partial charge in [0.25, 0.3) is 0 Å². The predicted molar refractivity (Wildman–Crippen MR) is 129 cm³/mol. The molecular formula is C28H44O3. The second-order valence-corrected chi connectivity index (χ2v) is 9.62. The normalized spacial score (nSPS) is 22.3. The maximum Gasteiger partial charge on any atom is 0.306 e. The molecule has 0 N–H and O–H groups in total. The first kappa shape index (κ1) is 25.6. The number of ether oxygens (including phenoxy) is 2. The van der Waals surface area contributed by atoms with E-state index in [9.17, 15) is 4.79 Å². The van der Waals surface area contributed by atoms with E-state index in [4.69, 9.17) is 9.47 Å². The van der Waals surface area contributed by atoms with Gasteiger partial charge < -0.3 is 9.47 Å². The lowest BCUT2D eigenvalue weighted by molar-refractivity contribution is -0.147. The summed E-state index contributed by atoms with van der Waals surface area (Å²) in [6.07, 6.45) is 15.9. The highest BCUT2D eigenvalue weighted by atomic mass is 16.5. The van der Waals surface area contributed by atoms with Gasteiger partial charge in [0.1, 0.15) is 0 Å². The van der Waals surface area contributed by atoms with Crippen molar-refractivity contribution < 1.29 is 14.3 Å². The zero-order valence-electron chi connectivity index (χ0n) is 20.2. The van der Waals surface area contributed by atoms with E-state index in [-0.39, 0.29) is 12.1 Å². The van der Waals surface area contributed by atoms with Crippen LogP contribution in [0.2, 0.25) is 0 Å². The molecule has 174 valence electrons. The van der Waals surface area contributed by atoms with Gasteiger partial charge in [0.15, 0.2) is 0 Å². The van der Waals surface area contributed by atoms with Crippen LogP contribution in [0.5, 0.6) is 0 Å². The Morgan fingerprint density at radius 3 is 2.58 bits per heavy atom. The fourth-order valence-electron chi connectivity index (χ4n) is 4.87. The minimum atomic E-state index is -0.0800. The highest BCUT2D eigenvalue weighted by molar-refractivity contribution is 5.69. The van der Waals surface area contributed by atoms with Gasteiger partial charge in [0.2, 0.25) is 0 Å². The van der Waals surface area contributed by atoms with Crippen LogP contribution in [-0.4, -0.2) is 25.3 Å². The number of allylic oxidation sites excluding steroid dienone is 2. The molecule has 31 heavy (non-hydrogen) atoms. The standard InChI is InChI=1S/C28H44O3/c1-22(2)31-28(29)15-11-6-5-10-14-25-19-21-27(30-4)26(25)20-17-23(3)16-18-24-12-8-7-9-13-24/h5,7-10,12-13,22-23,25-27H,6,11,14-21H2,1-4H3/b10-5-/t23-,25-,26+,27+/m0/s1. The zero-order valence-corrected chi connectivity index (χ0v) is 20.2. The fourth-order valence-corrected chi connectivity index (χ4v) is 4.87. The Morgan fingerprint density at radius 1 is 1.10 bits per heavy atom. The Balaban J connectivity index is 1.69. The summed E-state index contributed by atoms with van der Waals surface area (Å²) in [6, 6.07) is 10.8. The van der Waals surface area contributed by atoms with E-state index in [1.165, 1.54) is 44.1 Å². The monoisotopic (exact) mass is 428 g/mol. The van der Waals surface area contributed by atoms with Crippen LogP contribution in [0.1, 0.15) is 84.1 Å². The van der Waals surface area contributed by atoms with Gasteiger partial charge in [0.05, 0.1) is 12.2 Å². The third-order valence-corrected chi connectivity index (χ3v) is 6.69. The van der Waals surface area contributed by atoms with Gasteiger partial charge in [-0.2, -0.15) is 0 Å². The van der Waals surface area contributed by atoms with Gasteiger partial charge in [0, 0.05) is 13.5 Å². The lowest BCUT2D eigenvalue weighted by atomic mass is 9.84. The van der Waals surface area contributed by atoms with Crippen LogP contribution in [0, 0.1) is 17.8 Å². The van der Waals surface area contributed by atoms with Crippen molar-refractivity contribution in [2.45, 2.75) is 97.2 Å². The number of hydrogen-bond acceptors (Lipinski definition) is 3. The van der Waals surface area contributed by atoms with Crippen LogP contribution >= 0.6 is 0 Å². The lowest BCUT2D eigenvalue weighted by Gasteiger charge is -2.25. The SMILES string of the molecule is CO[C@@H]1CC[C@H](C/C=C\CCCC(=O)OC(C)C)[C@H]1CC[C@@H](C)CCc1ccccc1. The quantitative estimate of drug-likeness (QED) is 0.179. The van der Waals surface area contributed by atoms with E-state index >= 15 is 0 Å². The third-order valence-electron chi connectivity index (χ3n) is 6.69. The molecule has 0 heterocycles. The molecule has 4 atom stereocenters. The Bertz CT molecular complexity index is 637. The number of aryl methyl sites for hydroxylation is 1. The number of unbranched alkanes of at least 4 members (excludes halogenated alkanes) is 1. The van der Waals surface area contributed by atoms with Crippen molar-refractivity contribution in [3.8, 4) is 0 Å². The first-order valence-corrected chi connectivity index (χ1v) is 12.4. The van der Waals surface area contributed by atoms with Crippen molar-refractivity contribution in [1.82, 2.24) is 0 Å². The van der Waals surface area contributed by atoms with E-state index in [0.717, 1.165) is 31.1 Å². The summed E-state index contributed by atoms with van der Waals surface area (Å²) < 4.78 is 11.0. The molecule has 1 aliphatic rings. The molecule has 0 amide bonds. The molecule has 1 aromatic carbocycles. The van der Waals surface area contributed by atoms with Crippen molar-refractivity contribution in [2.24, 2.45) is 17.8 Å². The van der Waals surface area contributed by atoms with Crippen molar-refractivity contribution in [3.05, 3.63) is 48.0 Å². The summed E-state index contributed by atoms with van der Waals surface area (Å²) in [5.74, 6) is 2.08. The molecule has 3 heteroatoms. The van der Waals surface area contributed by atoms with Crippen LogP contribution in [-0.2, 0) is 20.7 Å². The molecule has 0 saturated heterocycles. The average Bonchev–Trinajstić information content (AvgIpc) is 3.15. The van der Waals surface area contributed by atoms with Crippen LogP contribution in [0.3, 0.4) is 0 Å². The summed E-state index contributed by atoms with van der Waals surface area (Å²) in [4.78, 5) is 11.6. The highest BCUT2D eigenvalue weighted by Crippen LogP contribution is 2.40. The van der Waals surface area contributed by atoms with Crippen molar-refractivity contribution in [3.63, 3.8) is 0 Å². The molecule has 1 saturated carbocycles. The van der Waals surface area contributed by atoms with E-state index in [1.807, 2.05) is 21.0 Å². The van der Waals surface area contributed by atoms with Gasteiger partial charge >= 0.3 is 5.97 Å². The van der Waals surface area contributed by atoms with Gasteiger partial charge in [-0.05, 0) is 88.5 Å². The van der Waals surface area contributed by atoms with Gasteiger partial charge in [-0.1, -0.05) is 55.8 Å². The van der Waals surface area contributed by atoms with E-state index in [1.54, 1.807) is 0 Å². The number of methoxy groups -OCH3 is 1. The molecule has 0 spiro atoms. The Hall–Kier alpha value is -1.61. The van der Waals surface area contributed by atoms with Gasteiger partial charge in [-0.25, -0.2) is 0 Å². The van der Waals surface area contributed by atoms with Crippen LogP contribution in [0.25, 0.3) is 0 Å². The molecule has 0 radical (unpaired) electrons. The van der Waals surface area contributed by atoms with Crippen molar-refractivity contribution >= 4 is 5.97 Å².